The molecule has 1 rings (SSSR count). The molecule has 0 saturated carbocycles. The number of carbonyl (C=O) groups is 2. The van der Waals surface area contributed by atoms with E-state index in [2.05, 4.69) is 86.8 Å². The van der Waals surface area contributed by atoms with E-state index in [-0.39, 0.29) is 26.1 Å². The van der Waals surface area contributed by atoms with Gasteiger partial charge in [-0.3, -0.25) is 9.59 Å². The minimum atomic E-state index is -1.61. The summed E-state index contributed by atoms with van der Waals surface area (Å²) in [5.74, 6) is -0.853. The largest absolute Gasteiger partial charge is 0.462 e. The van der Waals surface area contributed by atoms with Gasteiger partial charge in [0.05, 0.1) is 13.2 Å². The van der Waals surface area contributed by atoms with Crippen LogP contribution in [-0.2, 0) is 28.5 Å². The maximum absolute atomic E-state index is 12.8. The van der Waals surface area contributed by atoms with Gasteiger partial charge in [0, 0.05) is 12.8 Å². The Morgan fingerprint density at radius 1 is 0.525 bits per heavy atom. The predicted molar refractivity (Wildman–Crippen MR) is 247 cm³/mol. The molecule has 4 N–H and O–H groups in total. The van der Waals surface area contributed by atoms with Gasteiger partial charge in [0.2, 0.25) is 0 Å². The van der Waals surface area contributed by atoms with Crippen molar-refractivity contribution in [3.8, 4) is 0 Å². The second kappa shape index (κ2) is 41.2. The highest BCUT2D eigenvalue weighted by Gasteiger charge is 2.44. The summed E-state index contributed by atoms with van der Waals surface area (Å²) < 4.78 is 22.2. The summed E-state index contributed by atoms with van der Waals surface area (Å²) in [5, 5.41) is 40.1. The van der Waals surface area contributed by atoms with E-state index in [1.165, 1.54) is 64.2 Å². The maximum Gasteiger partial charge on any atom is 0.306 e. The quantitative estimate of drug-likeness (QED) is 0.0267. The summed E-state index contributed by atoms with van der Waals surface area (Å²) in [6, 6.07) is 0. The lowest BCUT2D eigenvalue weighted by Gasteiger charge is -2.39. The van der Waals surface area contributed by atoms with Gasteiger partial charge in [0.1, 0.15) is 31.0 Å². The molecule has 0 bridgehead atoms. The number of rotatable bonds is 39. The van der Waals surface area contributed by atoms with Crippen molar-refractivity contribution in [2.75, 3.05) is 19.8 Å². The Hall–Kier alpha value is -2.86. The van der Waals surface area contributed by atoms with Gasteiger partial charge in [-0.05, 0) is 83.5 Å². The number of hydrogen-bond acceptors (Lipinski definition) is 10. The average Bonchev–Trinajstić information content (AvgIpc) is 3.26. The highest BCUT2D eigenvalue weighted by molar-refractivity contribution is 5.70. The number of esters is 2. The number of aliphatic hydroxyl groups is 4. The molecule has 6 atom stereocenters. The summed E-state index contributed by atoms with van der Waals surface area (Å²) in [6.45, 7) is 3.27. The second-order valence-electron chi connectivity index (χ2n) is 16.2. The van der Waals surface area contributed by atoms with E-state index in [1.807, 2.05) is 0 Å². The van der Waals surface area contributed by atoms with Gasteiger partial charge >= 0.3 is 11.9 Å². The zero-order chi connectivity index (χ0) is 44.4. The third-order valence-corrected chi connectivity index (χ3v) is 10.6. The van der Waals surface area contributed by atoms with E-state index < -0.39 is 55.4 Å². The van der Waals surface area contributed by atoms with Crippen LogP contribution in [0.1, 0.15) is 181 Å². The minimum absolute atomic E-state index is 0.187. The van der Waals surface area contributed by atoms with Crippen LogP contribution < -0.4 is 0 Å². The van der Waals surface area contributed by atoms with Gasteiger partial charge in [-0.25, -0.2) is 0 Å². The van der Waals surface area contributed by atoms with Crippen LogP contribution >= 0.6 is 0 Å². The summed E-state index contributed by atoms with van der Waals surface area (Å²) in [7, 11) is 0. The second-order valence-corrected chi connectivity index (χ2v) is 16.2. The fourth-order valence-electron chi connectivity index (χ4n) is 6.80. The van der Waals surface area contributed by atoms with Gasteiger partial charge < -0.3 is 39.4 Å². The molecule has 1 aliphatic heterocycles. The number of unbranched alkanes of at least 4 members (excludes halogenated alkanes) is 16. The molecule has 1 fully saturated rings. The van der Waals surface area contributed by atoms with Crippen LogP contribution in [0.25, 0.3) is 0 Å². The Bertz CT molecular complexity index is 1220. The molecule has 0 aromatic rings. The lowest BCUT2D eigenvalue weighted by atomic mass is 9.99. The van der Waals surface area contributed by atoms with Crippen LogP contribution in [0.3, 0.4) is 0 Å². The Kier molecular flexibility index (Phi) is 37.9. The smallest absolute Gasteiger partial charge is 0.306 e. The fourth-order valence-corrected chi connectivity index (χ4v) is 6.80. The molecule has 1 aliphatic rings. The third-order valence-electron chi connectivity index (χ3n) is 10.6. The first-order valence-corrected chi connectivity index (χ1v) is 24.0. The molecule has 10 nitrogen and oxygen atoms in total. The Balaban J connectivity index is 2.34. The topological polar surface area (TPSA) is 152 Å². The number of carbonyl (C=O) groups excluding carboxylic acids is 2. The van der Waals surface area contributed by atoms with Crippen molar-refractivity contribution in [2.24, 2.45) is 0 Å². The zero-order valence-corrected chi connectivity index (χ0v) is 38.1. The van der Waals surface area contributed by atoms with E-state index in [9.17, 15) is 30.0 Å². The van der Waals surface area contributed by atoms with Crippen molar-refractivity contribution < 1.29 is 49.0 Å². The number of allylic oxidation sites excluding steroid dienone is 12. The van der Waals surface area contributed by atoms with Gasteiger partial charge in [-0.2, -0.15) is 0 Å². The van der Waals surface area contributed by atoms with Crippen molar-refractivity contribution in [3.05, 3.63) is 72.9 Å². The van der Waals surface area contributed by atoms with Crippen LogP contribution in [0.5, 0.6) is 0 Å². The first-order valence-electron chi connectivity index (χ1n) is 24.0. The van der Waals surface area contributed by atoms with Crippen molar-refractivity contribution in [1.29, 1.82) is 0 Å². The van der Waals surface area contributed by atoms with Crippen LogP contribution in [0.15, 0.2) is 72.9 Å². The van der Waals surface area contributed by atoms with Crippen molar-refractivity contribution in [1.82, 2.24) is 0 Å². The van der Waals surface area contributed by atoms with Gasteiger partial charge in [-0.15, -0.1) is 0 Å². The molecule has 0 aromatic heterocycles. The molecule has 1 saturated heterocycles. The Labute approximate surface area is 370 Å². The molecule has 0 radical (unpaired) electrons. The van der Waals surface area contributed by atoms with E-state index in [0.717, 1.165) is 77.0 Å². The summed E-state index contributed by atoms with van der Waals surface area (Å²) in [6.07, 6.45) is 44.7. The highest BCUT2D eigenvalue weighted by Crippen LogP contribution is 2.22. The summed E-state index contributed by atoms with van der Waals surface area (Å²) in [5.41, 5.74) is 0. The first-order chi connectivity index (χ1) is 29.8. The van der Waals surface area contributed by atoms with Crippen molar-refractivity contribution in [2.45, 2.75) is 218 Å². The molecule has 10 heteroatoms. The molecule has 350 valence electrons. The first kappa shape index (κ1) is 56.2. The molecule has 0 aromatic carbocycles. The van der Waals surface area contributed by atoms with E-state index in [0.29, 0.717) is 12.8 Å². The zero-order valence-electron chi connectivity index (χ0n) is 38.1. The predicted octanol–water partition coefficient (Wildman–Crippen LogP) is 10.8. The number of aliphatic hydroxyl groups excluding tert-OH is 4. The van der Waals surface area contributed by atoms with Crippen LogP contribution in [0, 0.1) is 0 Å². The van der Waals surface area contributed by atoms with Crippen LogP contribution in [0.2, 0.25) is 0 Å². The van der Waals surface area contributed by atoms with Crippen LogP contribution in [-0.4, -0.2) is 89.0 Å². The molecule has 6 unspecified atom stereocenters. The molecule has 0 amide bonds. The molecule has 0 aliphatic carbocycles. The summed E-state index contributed by atoms with van der Waals surface area (Å²) >= 11 is 0. The fraction of sp³-hybridized carbons (Fsp3) is 0.725. The minimum Gasteiger partial charge on any atom is -0.462 e. The average molecular weight is 859 g/mol. The lowest BCUT2D eigenvalue weighted by molar-refractivity contribution is -0.305. The van der Waals surface area contributed by atoms with Gasteiger partial charge in [0.15, 0.2) is 12.4 Å². The van der Waals surface area contributed by atoms with Gasteiger partial charge in [0.25, 0.3) is 0 Å². The molecule has 61 heavy (non-hydrogen) atoms. The van der Waals surface area contributed by atoms with Crippen molar-refractivity contribution >= 4 is 11.9 Å². The molecule has 1 heterocycles. The standard InChI is InChI=1S/C51H86O10/c1-3-5-7-9-11-13-15-17-19-21-22-24-26-28-30-32-34-36-38-40-47(54)60-44(43-59-51-50(57)49(56)48(55)45(41-52)61-51)42-58-46(53)39-37-35-33-31-29-27-25-23-20-18-16-14-12-10-8-6-4-2/h5,7,11,13,17-20,22,24,28,30,44-45,48-52,55-57H,3-4,6,8-10,12,14-16,21,23,25-27,29,31-43H2,1-2H3/b7-5-,13-11-,19-17-,20-18-,24-22-,30-28-. The molecular formula is C51H86O10. The lowest BCUT2D eigenvalue weighted by Crippen LogP contribution is -2.59. The molecule has 0 spiro atoms. The van der Waals surface area contributed by atoms with Crippen molar-refractivity contribution in [3.63, 3.8) is 0 Å². The Morgan fingerprint density at radius 2 is 0.967 bits per heavy atom. The number of hydrogen-bond donors (Lipinski definition) is 4. The Morgan fingerprint density at radius 3 is 1.49 bits per heavy atom. The van der Waals surface area contributed by atoms with Crippen LogP contribution in [0.4, 0.5) is 0 Å². The monoisotopic (exact) mass is 859 g/mol. The van der Waals surface area contributed by atoms with Gasteiger partial charge in [-0.1, -0.05) is 157 Å². The van der Waals surface area contributed by atoms with E-state index in [1.54, 1.807) is 0 Å². The number of ether oxygens (including phenoxy) is 4. The van der Waals surface area contributed by atoms with E-state index in [4.69, 9.17) is 18.9 Å². The molecular weight excluding hydrogens is 773 g/mol. The third kappa shape index (κ3) is 32.5. The van der Waals surface area contributed by atoms with E-state index >= 15 is 0 Å². The summed E-state index contributed by atoms with van der Waals surface area (Å²) in [4.78, 5) is 25.4. The SMILES string of the molecule is CC/C=C\C/C=C\C/C=C\C/C=C\C/C=C\CCCCCC(=O)OC(COC(=O)CCCCCCCCC/C=C\CCCCCCCC)COC1OC(CO)C(O)C(O)C1O. The normalized spacial score (nSPS) is 20.4. The highest BCUT2D eigenvalue weighted by atomic mass is 16.7. The maximum atomic E-state index is 12.8.